The number of hydrogen-bond donors (Lipinski definition) is 0. The highest BCUT2D eigenvalue weighted by molar-refractivity contribution is 5.69. The summed E-state index contributed by atoms with van der Waals surface area (Å²) in [6.45, 7) is 8.52. The van der Waals surface area contributed by atoms with Crippen LogP contribution in [0.15, 0.2) is 0 Å². The molecule has 0 aliphatic carbocycles. The average Bonchev–Trinajstić information content (AvgIpc) is 2.46. The van der Waals surface area contributed by atoms with Crippen molar-refractivity contribution < 1.29 is 19.0 Å². The summed E-state index contributed by atoms with van der Waals surface area (Å²) in [5.74, 6) is -0.558. The first-order valence-corrected chi connectivity index (χ1v) is 5.42. The molecular weight excluding hydrogens is 196 g/mol. The molecule has 0 aromatic carbocycles. The molecule has 0 N–H and O–H groups in total. The summed E-state index contributed by atoms with van der Waals surface area (Å²) < 4.78 is 16.0. The lowest BCUT2D eigenvalue weighted by Crippen LogP contribution is -2.27. The van der Waals surface area contributed by atoms with Gasteiger partial charge in [-0.25, -0.2) is 0 Å². The third-order valence-corrected chi connectivity index (χ3v) is 2.46. The number of carbonyl (C=O) groups excluding carboxylic acids is 1. The maximum Gasteiger partial charge on any atom is 0.306 e. The number of rotatable bonds is 4. The Bertz CT molecular complexity index is 225. The molecule has 0 aromatic heterocycles. The van der Waals surface area contributed by atoms with Crippen molar-refractivity contribution in [1.82, 2.24) is 0 Å². The van der Waals surface area contributed by atoms with Gasteiger partial charge in [0.25, 0.3) is 0 Å². The monoisotopic (exact) mass is 216 g/mol. The van der Waals surface area contributed by atoms with Crippen LogP contribution in [0.3, 0.4) is 0 Å². The van der Waals surface area contributed by atoms with Gasteiger partial charge in [-0.1, -0.05) is 6.92 Å². The van der Waals surface area contributed by atoms with Crippen molar-refractivity contribution in [1.29, 1.82) is 0 Å². The Labute approximate surface area is 90.9 Å². The standard InChI is InChI=1S/C11H20O4/c1-5-13-10(12)6-8(2)9-7-14-11(3,4)15-9/h8-9H,5-7H2,1-4H3/t8-,9-/m0/s1. The van der Waals surface area contributed by atoms with Crippen molar-refractivity contribution in [3.63, 3.8) is 0 Å². The molecule has 0 radical (unpaired) electrons. The van der Waals surface area contributed by atoms with E-state index in [2.05, 4.69) is 0 Å². The minimum atomic E-state index is -0.520. The zero-order chi connectivity index (χ0) is 11.5. The number of ether oxygens (including phenoxy) is 3. The summed E-state index contributed by atoms with van der Waals surface area (Å²) in [6.07, 6.45) is 0.377. The van der Waals surface area contributed by atoms with E-state index < -0.39 is 5.79 Å². The SMILES string of the molecule is CCOC(=O)C[C@H](C)[C@@H]1COC(C)(C)O1. The van der Waals surface area contributed by atoms with E-state index in [1.54, 1.807) is 6.92 Å². The Hall–Kier alpha value is -0.610. The van der Waals surface area contributed by atoms with Gasteiger partial charge in [0.2, 0.25) is 0 Å². The van der Waals surface area contributed by atoms with E-state index >= 15 is 0 Å². The maximum absolute atomic E-state index is 11.3. The molecule has 4 heteroatoms. The second-order valence-corrected chi connectivity index (χ2v) is 4.35. The molecule has 0 amide bonds. The Morgan fingerprint density at radius 3 is 2.73 bits per heavy atom. The maximum atomic E-state index is 11.3. The predicted molar refractivity (Wildman–Crippen MR) is 55.3 cm³/mol. The van der Waals surface area contributed by atoms with Crippen LogP contribution in [0.1, 0.15) is 34.1 Å². The summed E-state index contributed by atoms with van der Waals surface area (Å²) in [7, 11) is 0. The highest BCUT2D eigenvalue weighted by Crippen LogP contribution is 2.28. The Balaban J connectivity index is 2.35. The normalized spacial score (nSPS) is 26.3. The molecule has 1 aliphatic heterocycles. The Morgan fingerprint density at radius 2 is 2.27 bits per heavy atom. The lowest BCUT2D eigenvalue weighted by atomic mass is 10.0. The smallest absolute Gasteiger partial charge is 0.306 e. The largest absolute Gasteiger partial charge is 0.466 e. The molecule has 1 rings (SSSR count). The first-order valence-electron chi connectivity index (χ1n) is 5.42. The van der Waals surface area contributed by atoms with Gasteiger partial charge < -0.3 is 14.2 Å². The molecule has 4 nitrogen and oxygen atoms in total. The first-order chi connectivity index (χ1) is 6.94. The third-order valence-electron chi connectivity index (χ3n) is 2.46. The molecule has 0 saturated carbocycles. The highest BCUT2D eigenvalue weighted by Gasteiger charge is 2.36. The van der Waals surface area contributed by atoms with Gasteiger partial charge in [-0.15, -0.1) is 0 Å². The van der Waals surface area contributed by atoms with Crippen LogP contribution in [0.4, 0.5) is 0 Å². The van der Waals surface area contributed by atoms with E-state index in [0.717, 1.165) is 0 Å². The predicted octanol–water partition coefficient (Wildman–Crippen LogP) is 1.73. The molecule has 2 atom stereocenters. The van der Waals surface area contributed by atoms with Crippen LogP contribution in [0.2, 0.25) is 0 Å². The summed E-state index contributed by atoms with van der Waals surface area (Å²) >= 11 is 0. The quantitative estimate of drug-likeness (QED) is 0.671. The van der Waals surface area contributed by atoms with Crippen molar-refractivity contribution >= 4 is 5.97 Å². The topological polar surface area (TPSA) is 44.8 Å². The van der Waals surface area contributed by atoms with Crippen LogP contribution in [0.5, 0.6) is 0 Å². The van der Waals surface area contributed by atoms with Crippen molar-refractivity contribution in [2.45, 2.75) is 46.0 Å². The third kappa shape index (κ3) is 3.80. The molecule has 1 saturated heterocycles. The van der Waals surface area contributed by atoms with Gasteiger partial charge in [0.1, 0.15) is 0 Å². The minimum Gasteiger partial charge on any atom is -0.466 e. The highest BCUT2D eigenvalue weighted by atomic mass is 16.7. The van der Waals surface area contributed by atoms with Gasteiger partial charge in [-0.05, 0) is 26.7 Å². The van der Waals surface area contributed by atoms with Crippen LogP contribution in [-0.2, 0) is 19.0 Å². The Morgan fingerprint density at radius 1 is 1.60 bits per heavy atom. The zero-order valence-electron chi connectivity index (χ0n) is 9.91. The van der Waals surface area contributed by atoms with Crippen molar-refractivity contribution in [3.8, 4) is 0 Å². The number of carbonyl (C=O) groups is 1. The van der Waals surface area contributed by atoms with Crippen LogP contribution in [-0.4, -0.2) is 31.1 Å². The van der Waals surface area contributed by atoms with Crippen molar-refractivity contribution in [2.75, 3.05) is 13.2 Å². The van der Waals surface area contributed by atoms with E-state index in [9.17, 15) is 4.79 Å². The molecule has 0 spiro atoms. The van der Waals surface area contributed by atoms with Gasteiger partial charge in [-0.3, -0.25) is 4.79 Å². The number of hydrogen-bond acceptors (Lipinski definition) is 4. The average molecular weight is 216 g/mol. The number of esters is 1. The van der Waals surface area contributed by atoms with Crippen LogP contribution in [0.25, 0.3) is 0 Å². The summed E-state index contributed by atoms with van der Waals surface area (Å²) in [5, 5.41) is 0. The lowest BCUT2D eigenvalue weighted by molar-refractivity contribution is -0.152. The van der Waals surface area contributed by atoms with Crippen LogP contribution < -0.4 is 0 Å². The molecule has 1 fully saturated rings. The van der Waals surface area contributed by atoms with Gasteiger partial charge in [-0.2, -0.15) is 0 Å². The summed E-state index contributed by atoms with van der Waals surface area (Å²) in [5.41, 5.74) is 0. The summed E-state index contributed by atoms with van der Waals surface area (Å²) in [6, 6.07) is 0. The molecule has 15 heavy (non-hydrogen) atoms. The van der Waals surface area contributed by atoms with E-state index in [0.29, 0.717) is 19.6 Å². The van der Waals surface area contributed by atoms with E-state index in [-0.39, 0.29) is 18.0 Å². The second kappa shape index (κ2) is 4.94. The van der Waals surface area contributed by atoms with Crippen molar-refractivity contribution in [2.24, 2.45) is 5.92 Å². The molecule has 1 aliphatic rings. The van der Waals surface area contributed by atoms with Crippen LogP contribution in [0, 0.1) is 5.92 Å². The molecule has 0 unspecified atom stereocenters. The van der Waals surface area contributed by atoms with Crippen LogP contribution >= 0.6 is 0 Å². The molecule has 1 heterocycles. The minimum absolute atomic E-state index is 0.00981. The van der Waals surface area contributed by atoms with Gasteiger partial charge in [0, 0.05) is 0 Å². The second-order valence-electron chi connectivity index (χ2n) is 4.35. The zero-order valence-corrected chi connectivity index (χ0v) is 9.91. The fourth-order valence-corrected chi connectivity index (χ4v) is 1.61. The Kier molecular flexibility index (Phi) is 4.11. The molecule has 0 aromatic rings. The first kappa shape index (κ1) is 12.5. The van der Waals surface area contributed by atoms with E-state index in [4.69, 9.17) is 14.2 Å². The fourth-order valence-electron chi connectivity index (χ4n) is 1.61. The summed E-state index contributed by atoms with van der Waals surface area (Å²) in [4.78, 5) is 11.3. The van der Waals surface area contributed by atoms with E-state index in [1.807, 2.05) is 20.8 Å². The molecular formula is C11H20O4. The molecule has 88 valence electrons. The van der Waals surface area contributed by atoms with E-state index in [1.165, 1.54) is 0 Å². The van der Waals surface area contributed by atoms with Gasteiger partial charge in [0.05, 0.1) is 25.7 Å². The molecule has 0 bridgehead atoms. The van der Waals surface area contributed by atoms with Gasteiger partial charge in [0.15, 0.2) is 5.79 Å². The fraction of sp³-hybridized carbons (Fsp3) is 0.909. The van der Waals surface area contributed by atoms with Gasteiger partial charge >= 0.3 is 5.97 Å². The van der Waals surface area contributed by atoms with Crippen molar-refractivity contribution in [3.05, 3.63) is 0 Å². The lowest BCUT2D eigenvalue weighted by Gasteiger charge is -2.20.